The maximum absolute atomic E-state index is 12.5. The van der Waals surface area contributed by atoms with Crippen LogP contribution in [0.15, 0.2) is 28.7 Å². The molecule has 114 valence electrons. The van der Waals surface area contributed by atoms with E-state index in [-0.39, 0.29) is 4.90 Å². The largest absolute Gasteiger partial charge is 0.266 e. The van der Waals surface area contributed by atoms with Crippen LogP contribution in [0.5, 0.6) is 0 Å². The number of nitrogens with zero attached hydrogens (tertiary/aromatic N) is 3. The van der Waals surface area contributed by atoms with E-state index >= 15 is 0 Å². The van der Waals surface area contributed by atoms with Crippen LogP contribution in [0.2, 0.25) is 0 Å². The van der Waals surface area contributed by atoms with Crippen LogP contribution in [0.1, 0.15) is 10.4 Å². The summed E-state index contributed by atoms with van der Waals surface area (Å²) in [6.07, 6.45) is 0.395. The van der Waals surface area contributed by atoms with Crippen LogP contribution < -0.4 is 0 Å². The Morgan fingerprint density at radius 3 is 3.00 bits per heavy atom. The van der Waals surface area contributed by atoms with Gasteiger partial charge in [-0.05, 0) is 23.4 Å². The van der Waals surface area contributed by atoms with Crippen molar-refractivity contribution in [3.05, 3.63) is 34.3 Å². The molecule has 0 aromatic carbocycles. The molecule has 0 aliphatic carbocycles. The van der Waals surface area contributed by atoms with E-state index in [9.17, 15) is 17.2 Å². The van der Waals surface area contributed by atoms with Crippen LogP contribution in [-0.4, -0.2) is 35.5 Å². The molecule has 0 spiro atoms. The maximum Gasteiger partial charge on any atom is 0.257 e. The lowest BCUT2D eigenvalue weighted by Crippen LogP contribution is -2.35. The summed E-state index contributed by atoms with van der Waals surface area (Å²) in [6.45, 7) is 0.112. The zero-order chi connectivity index (χ0) is 15.0. The van der Waals surface area contributed by atoms with Gasteiger partial charge in [0.05, 0.1) is 6.20 Å². The van der Waals surface area contributed by atoms with E-state index in [0.717, 1.165) is 22.6 Å². The average molecular weight is 333 g/mol. The number of hydrogen-bond donors (Lipinski definition) is 0. The highest BCUT2D eigenvalue weighted by molar-refractivity contribution is 7.89. The summed E-state index contributed by atoms with van der Waals surface area (Å²) in [7, 11) is -3.69. The number of halogens is 2. The van der Waals surface area contributed by atoms with Gasteiger partial charge < -0.3 is 0 Å². The molecule has 2 aromatic rings. The third kappa shape index (κ3) is 2.85. The van der Waals surface area contributed by atoms with Gasteiger partial charge in [0.2, 0.25) is 10.0 Å². The molecule has 1 aliphatic rings. The van der Waals surface area contributed by atoms with E-state index < -0.39 is 23.0 Å². The third-order valence-corrected chi connectivity index (χ3v) is 6.17. The van der Waals surface area contributed by atoms with Crippen molar-refractivity contribution >= 4 is 21.4 Å². The van der Waals surface area contributed by atoms with Crippen molar-refractivity contribution in [2.24, 2.45) is 0 Å². The number of fused-ring (bicyclic) bond motifs is 1. The Kier molecular flexibility index (Phi) is 3.80. The lowest BCUT2D eigenvalue weighted by molar-refractivity contribution is 0.121. The Morgan fingerprint density at radius 1 is 1.43 bits per heavy atom. The van der Waals surface area contributed by atoms with Gasteiger partial charge in [-0.25, -0.2) is 17.2 Å². The molecule has 9 heteroatoms. The first-order chi connectivity index (χ1) is 9.96. The highest BCUT2D eigenvalue weighted by Crippen LogP contribution is 2.27. The van der Waals surface area contributed by atoms with Gasteiger partial charge in [-0.1, -0.05) is 0 Å². The van der Waals surface area contributed by atoms with Crippen molar-refractivity contribution in [3.8, 4) is 0 Å². The Morgan fingerprint density at radius 2 is 2.24 bits per heavy atom. The molecule has 5 nitrogen and oxygen atoms in total. The van der Waals surface area contributed by atoms with Crippen LogP contribution in [0.3, 0.4) is 0 Å². The lowest BCUT2D eigenvalue weighted by Gasteiger charge is -2.25. The van der Waals surface area contributed by atoms with Crippen molar-refractivity contribution in [2.75, 3.05) is 6.54 Å². The number of sulfonamides is 1. The van der Waals surface area contributed by atoms with Gasteiger partial charge in [0, 0.05) is 24.2 Å². The summed E-state index contributed by atoms with van der Waals surface area (Å²) in [5.41, 5.74) is 1.01. The fourth-order valence-electron chi connectivity index (χ4n) is 2.30. The quantitative estimate of drug-likeness (QED) is 0.859. The maximum atomic E-state index is 12.5. The molecule has 2 aromatic heterocycles. The summed E-state index contributed by atoms with van der Waals surface area (Å²) in [4.78, 5) is 1.16. The zero-order valence-corrected chi connectivity index (χ0v) is 12.6. The number of thiophene rings is 1. The Bertz CT molecular complexity index is 739. The SMILES string of the molecule is O=S(=O)(c1cnn(CC(F)F)c1)N1CCc2sccc2C1. The molecule has 21 heavy (non-hydrogen) atoms. The molecule has 0 N–H and O–H groups in total. The predicted octanol–water partition coefficient (Wildman–Crippen LogP) is 1.96. The Labute approximate surface area is 124 Å². The number of aromatic nitrogens is 2. The molecule has 0 saturated carbocycles. The summed E-state index contributed by atoms with van der Waals surface area (Å²) < 4.78 is 51.9. The second-order valence-corrected chi connectivity index (χ2v) is 7.69. The van der Waals surface area contributed by atoms with Crippen LogP contribution >= 0.6 is 11.3 Å². The normalized spacial score (nSPS) is 16.3. The van der Waals surface area contributed by atoms with Gasteiger partial charge in [-0.2, -0.15) is 9.40 Å². The third-order valence-electron chi connectivity index (χ3n) is 3.35. The smallest absolute Gasteiger partial charge is 0.257 e. The van der Waals surface area contributed by atoms with Crippen LogP contribution in [-0.2, 0) is 29.5 Å². The molecule has 0 saturated heterocycles. The summed E-state index contributed by atoms with van der Waals surface area (Å²) in [5.74, 6) is 0. The molecule has 0 bridgehead atoms. The first-order valence-electron chi connectivity index (χ1n) is 6.33. The van der Waals surface area contributed by atoms with Gasteiger partial charge in [0.1, 0.15) is 11.4 Å². The van der Waals surface area contributed by atoms with Crippen molar-refractivity contribution < 1.29 is 17.2 Å². The first-order valence-corrected chi connectivity index (χ1v) is 8.65. The van der Waals surface area contributed by atoms with Gasteiger partial charge >= 0.3 is 0 Å². The van der Waals surface area contributed by atoms with E-state index in [0.29, 0.717) is 19.5 Å². The second kappa shape index (κ2) is 5.47. The van der Waals surface area contributed by atoms with Gasteiger partial charge in [0.25, 0.3) is 6.43 Å². The highest BCUT2D eigenvalue weighted by Gasteiger charge is 2.30. The number of rotatable bonds is 4. The lowest BCUT2D eigenvalue weighted by atomic mass is 10.1. The predicted molar refractivity (Wildman–Crippen MR) is 73.8 cm³/mol. The molecule has 0 fully saturated rings. The van der Waals surface area contributed by atoms with Crippen LogP contribution in [0, 0.1) is 0 Å². The van der Waals surface area contributed by atoms with E-state index in [4.69, 9.17) is 0 Å². The van der Waals surface area contributed by atoms with Crippen molar-refractivity contribution in [1.29, 1.82) is 0 Å². The van der Waals surface area contributed by atoms with Gasteiger partial charge in [-0.15, -0.1) is 11.3 Å². The molecule has 0 radical (unpaired) electrons. The van der Waals surface area contributed by atoms with E-state index in [1.807, 2.05) is 11.4 Å². The second-order valence-electron chi connectivity index (χ2n) is 4.75. The Balaban J connectivity index is 1.82. The molecule has 0 unspecified atom stereocenters. The molecule has 0 amide bonds. The number of alkyl halides is 2. The van der Waals surface area contributed by atoms with Crippen LogP contribution in [0.25, 0.3) is 0 Å². The summed E-state index contributed by atoms with van der Waals surface area (Å²) >= 11 is 1.62. The number of hydrogen-bond acceptors (Lipinski definition) is 4. The molecular formula is C12H13F2N3O2S2. The van der Waals surface area contributed by atoms with Gasteiger partial charge in [-0.3, -0.25) is 4.68 Å². The molecule has 3 heterocycles. The van der Waals surface area contributed by atoms with Crippen molar-refractivity contribution in [2.45, 2.75) is 30.8 Å². The monoisotopic (exact) mass is 333 g/mol. The fraction of sp³-hybridized carbons (Fsp3) is 0.417. The van der Waals surface area contributed by atoms with Crippen molar-refractivity contribution in [1.82, 2.24) is 14.1 Å². The molecule has 0 atom stereocenters. The highest BCUT2D eigenvalue weighted by atomic mass is 32.2. The molecule has 1 aliphatic heterocycles. The zero-order valence-electron chi connectivity index (χ0n) is 10.9. The Hall–Kier alpha value is -1.32. The first kappa shape index (κ1) is 14.6. The minimum absolute atomic E-state index is 0.0400. The van der Waals surface area contributed by atoms with E-state index in [2.05, 4.69) is 5.10 Å². The molecule has 3 rings (SSSR count). The fourth-order valence-corrected chi connectivity index (χ4v) is 4.56. The minimum atomic E-state index is -3.69. The standard InChI is InChI=1S/C12H13F2N3O2S2/c13-12(14)8-16-7-10(5-15-16)21(18,19)17-3-1-11-9(6-17)2-4-20-11/h2,4-5,7,12H,1,3,6,8H2. The average Bonchev–Trinajstić information content (AvgIpc) is 3.05. The summed E-state index contributed by atoms with van der Waals surface area (Å²) in [5, 5.41) is 5.63. The van der Waals surface area contributed by atoms with E-state index in [1.165, 1.54) is 9.18 Å². The van der Waals surface area contributed by atoms with Crippen LogP contribution in [0.4, 0.5) is 8.78 Å². The molecular weight excluding hydrogens is 320 g/mol. The summed E-state index contributed by atoms with van der Waals surface area (Å²) in [6, 6.07) is 1.92. The van der Waals surface area contributed by atoms with Gasteiger partial charge in [0.15, 0.2) is 0 Å². The topological polar surface area (TPSA) is 55.2 Å². The van der Waals surface area contributed by atoms with E-state index in [1.54, 1.807) is 11.3 Å². The minimum Gasteiger partial charge on any atom is -0.266 e. The van der Waals surface area contributed by atoms with Crippen molar-refractivity contribution in [3.63, 3.8) is 0 Å².